The number of nitrogens with one attached hydrogen (secondary N) is 1. The van der Waals surface area contributed by atoms with E-state index in [2.05, 4.69) is 4.72 Å². The number of sulfonamides is 1. The van der Waals surface area contributed by atoms with Crippen molar-refractivity contribution < 1.29 is 17.9 Å². The van der Waals surface area contributed by atoms with Crippen molar-refractivity contribution in [1.29, 1.82) is 0 Å². The lowest BCUT2D eigenvalue weighted by Crippen LogP contribution is -2.44. The Balaban J connectivity index is 1.87. The summed E-state index contributed by atoms with van der Waals surface area (Å²) in [6.45, 7) is 1.50. The second-order valence-electron chi connectivity index (χ2n) is 5.26. The second-order valence-corrected chi connectivity index (χ2v) is 7.09. The maximum Gasteiger partial charge on any atom is 0.415 e. The van der Waals surface area contributed by atoms with Crippen LogP contribution in [0, 0.1) is 5.92 Å². The molecule has 1 atom stereocenters. The third-order valence-corrected chi connectivity index (χ3v) is 4.05. The lowest BCUT2D eigenvalue weighted by molar-refractivity contribution is 0.127. The fourth-order valence-corrected chi connectivity index (χ4v) is 2.86. The van der Waals surface area contributed by atoms with Crippen molar-refractivity contribution in [3.8, 4) is 5.75 Å². The van der Waals surface area contributed by atoms with Gasteiger partial charge in [-0.1, -0.05) is 18.2 Å². The molecule has 1 saturated heterocycles. The van der Waals surface area contributed by atoms with Crippen molar-refractivity contribution >= 4 is 16.1 Å². The summed E-state index contributed by atoms with van der Waals surface area (Å²) in [4.78, 5) is 13.7. The van der Waals surface area contributed by atoms with Crippen LogP contribution in [0.2, 0.25) is 0 Å². The van der Waals surface area contributed by atoms with E-state index < -0.39 is 10.0 Å². The minimum Gasteiger partial charge on any atom is -0.410 e. The van der Waals surface area contributed by atoms with Gasteiger partial charge in [0.05, 0.1) is 6.26 Å². The Morgan fingerprint density at radius 3 is 2.76 bits per heavy atom. The third kappa shape index (κ3) is 5.35. The highest BCUT2D eigenvalue weighted by Crippen LogP contribution is 2.18. The third-order valence-electron chi connectivity index (χ3n) is 3.36. The van der Waals surface area contributed by atoms with Gasteiger partial charge in [-0.2, -0.15) is 0 Å². The number of piperidine rings is 1. The lowest BCUT2D eigenvalue weighted by Gasteiger charge is -2.31. The van der Waals surface area contributed by atoms with Crippen molar-refractivity contribution in [3.05, 3.63) is 30.3 Å². The number of ether oxygens (including phenoxy) is 1. The van der Waals surface area contributed by atoms with E-state index in [1.165, 1.54) is 0 Å². The largest absolute Gasteiger partial charge is 0.415 e. The average molecular weight is 312 g/mol. The van der Waals surface area contributed by atoms with Gasteiger partial charge in [-0.25, -0.2) is 17.9 Å². The van der Waals surface area contributed by atoms with Gasteiger partial charge >= 0.3 is 6.09 Å². The highest BCUT2D eigenvalue weighted by Gasteiger charge is 2.25. The minimum absolute atomic E-state index is 0.122. The van der Waals surface area contributed by atoms with Crippen LogP contribution in [0.15, 0.2) is 30.3 Å². The first-order valence-electron chi connectivity index (χ1n) is 6.90. The number of hydrogen-bond donors (Lipinski definition) is 1. The van der Waals surface area contributed by atoms with Crippen LogP contribution in [-0.4, -0.2) is 45.3 Å². The summed E-state index contributed by atoms with van der Waals surface area (Å²) >= 11 is 0. The molecule has 7 heteroatoms. The average Bonchev–Trinajstić information content (AvgIpc) is 2.46. The Morgan fingerprint density at radius 2 is 2.10 bits per heavy atom. The van der Waals surface area contributed by atoms with Crippen LogP contribution in [0.3, 0.4) is 0 Å². The zero-order valence-electron chi connectivity index (χ0n) is 12.0. The Kier molecular flexibility index (Phi) is 5.19. The topological polar surface area (TPSA) is 75.7 Å². The summed E-state index contributed by atoms with van der Waals surface area (Å²) in [6.07, 6.45) is 2.50. The number of carbonyl (C=O) groups is 1. The molecule has 0 saturated carbocycles. The molecule has 6 nitrogen and oxygen atoms in total. The van der Waals surface area contributed by atoms with E-state index in [1.807, 2.05) is 6.07 Å². The lowest BCUT2D eigenvalue weighted by atomic mass is 9.99. The van der Waals surface area contributed by atoms with Gasteiger partial charge in [-0.3, -0.25) is 0 Å². The molecule has 1 unspecified atom stereocenters. The van der Waals surface area contributed by atoms with Gasteiger partial charge in [0.2, 0.25) is 10.0 Å². The normalized spacial score (nSPS) is 19.3. The van der Waals surface area contributed by atoms with Crippen LogP contribution in [0.5, 0.6) is 5.75 Å². The van der Waals surface area contributed by atoms with E-state index in [9.17, 15) is 13.2 Å². The molecule has 1 aliphatic heterocycles. The summed E-state index contributed by atoms with van der Waals surface area (Å²) in [5.41, 5.74) is 0. The SMILES string of the molecule is CS(=O)(=O)NCC1CCCN(C(=O)Oc2ccccc2)C1. The van der Waals surface area contributed by atoms with E-state index in [-0.39, 0.29) is 12.0 Å². The predicted octanol–water partition coefficient (Wildman–Crippen LogP) is 1.45. The van der Waals surface area contributed by atoms with E-state index >= 15 is 0 Å². The molecule has 21 heavy (non-hydrogen) atoms. The highest BCUT2D eigenvalue weighted by atomic mass is 32.2. The number of carbonyl (C=O) groups excluding carboxylic acids is 1. The van der Waals surface area contributed by atoms with Gasteiger partial charge in [0.15, 0.2) is 0 Å². The first-order valence-corrected chi connectivity index (χ1v) is 8.79. The van der Waals surface area contributed by atoms with Crippen molar-refractivity contribution in [2.45, 2.75) is 12.8 Å². The molecule has 1 fully saturated rings. The van der Waals surface area contributed by atoms with E-state index in [1.54, 1.807) is 29.2 Å². The Hall–Kier alpha value is -1.60. The van der Waals surface area contributed by atoms with Gasteiger partial charge in [0.1, 0.15) is 5.75 Å². The molecule has 0 radical (unpaired) electrons. The fourth-order valence-electron chi connectivity index (χ4n) is 2.32. The van der Waals surface area contributed by atoms with E-state index in [0.29, 0.717) is 25.4 Å². The first-order chi connectivity index (χ1) is 9.94. The maximum absolute atomic E-state index is 12.1. The number of hydrogen-bond acceptors (Lipinski definition) is 4. The van der Waals surface area contributed by atoms with Crippen LogP contribution in [0.4, 0.5) is 4.79 Å². The van der Waals surface area contributed by atoms with Crippen LogP contribution in [0.1, 0.15) is 12.8 Å². The smallest absolute Gasteiger partial charge is 0.410 e. The molecule has 1 aliphatic rings. The fraction of sp³-hybridized carbons (Fsp3) is 0.500. The van der Waals surface area contributed by atoms with E-state index in [0.717, 1.165) is 19.1 Å². The Labute approximate surface area is 125 Å². The summed E-state index contributed by atoms with van der Waals surface area (Å²) in [5.74, 6) is 0.635. The molecule has 1 N–H and O–H groups in total. The van der Waals surface area contributed by atoms with Crippen molar-refractivity contribution in [2.75, 3.05) is 25.9 Å². The van der Waals surface area contributed by atoms with Gasteiger partial charge in [0, 0.05) is 19.6 Å². The molecule has 1 amide bonds. The summed E-state index contributed by atoms with van der Waals surface area (Å²) in [7, 11) is -3.19. The molecule has 0 bridgehead atoms. The van der Waals surface area contributed by atoms with Gasteiger partial charge in [-0.15, -0.1) is 0 Å². The maximum atomic E-state index is 12.1. The zero-order valence-corrected chi connectivity index (χ0v) is 12.8. The molecule has 0 aliphatic carbocycles. The Morgan fingerprint density at radius 1 is 1.38 bits per heavy atom. The number of rotatable bonds is 4. The summed E-state index contributed by atoms with van der Waals surface area (Å²) in [6, 6.07) is 8.91. The van der Waals surface area contributed by atoms with Crippen LogP contribution >= 0.6 is 0 Å². The number of likely N-dealkylation sites (tertiary alicyclic amines) is 1. The standard InChI is InChI=1S/C14H20N2O4S/c1-21(18,19)15-10-12-6-5-9-16(11-12)14(17)20-13-7-3-2-4-8-13/h2-4,7-8,12,15H,5-6,9-11H2,1H3. The molecule has 116 valence electrons. The molecule has 0 spiro atoms. The van der Waals surface area contributed by atoms with Crippen molar-refractivity contribution in [2.24, 2.45) is 5.92 Å². The number of nitrogens with zero attached hydrogens (tertiary/aromatic N) is 1. The quantitative estimate of drug-likeness (QED) is 0.913. The van der Waals surface area contributed by atoms with Gasteiger partial charge in [-0.05, 0) is 30.9 Å². The first kappa shape index (κ1) is 15.8. The Bertz CT molecular complexity index is 574. The van der Waals surface area contributed by atoms with Crippen LogP contribution < -0.4 is 9.46 Å². The molecular formula is C14H20N2O4S. The second kappa shape index (κ2) is 6.91. The van der Waals surface area contributed by atoms with Crippen LogP contribution in [0.25, 0.3) is 0 Å². The monoisotopic (exact) mass is 312 g/mol. The number of benzene rings is 1. The number of amides is 1. The summed E-state index contributed by atoms with van der Waals surface area (Å²) < 4.78 is 30.0. The molecule has 1 heterocycles. The van der Waals surface area contributed by atoms with Gasteiger partial charge < -0.3 is 9.64 Å². The predicted molar refractivity (Wildman–Crippen MR) is 79.6 cm³/mol. The number of para-hydroxylation sites is 1. The molecule has 1 aromatic rings. The van der Waals surface area contributed by atoms with Crippen molar-refractivity contribution in [3.63, 3.8) is 0 Å². The van der Waals surface area contributed by atoms with Crippen LogP contribution in [-0.2, 0) is 10.0 Å². The minimum atomic E-state index is -3.19. The van der Waals surface area contributed by atoms with E-state index in [4.69, 9.17) is 4.74 Å². The van der Waals surface area contributed by atoms with Gasteiger partial charge in [0.25, 0.3) is 0 Å². The molecular weight excluding hydrogens is 292 g/mol. The highest BCUT2D eigenvalue weighted by molar-refractivity contribution is 7.88. The van der Waals surface area contributed by atoms with Crippen molar-refractivity contribution in [1.82, 2.24) is 9.62 Å². The molecule has 0 aromatic heterocycles. The molecule has 2 rings (SSSR count). The summed E-state index contributed by atoms with van der Waals surface area (Å²) in [5, 5.41) is 0. The zero-order chi connectivity index (χ0) is 15.3. The molecule has 1 aromatic carbocycles.